The summed E-state index contributed by atoms with van der Waals surface area (Å²) >= 11 is 0. The third kappa shape index (κ3) is 4.40. The Labute approximate surface area is 165 Å². The molecule has 0 aliphatic rings. The molecule has 3 aromatic rings. The number of aliphatic hydroxyl groups is 1. The quantitative estimate of drug-likeness (QED) is 0.300. The number of hydrogen-bond donors (Lipinski definition) is 1. The summed E-state index contributed by atoms with van der Waals surface area (Å²) in [5, 5.41) is 10.7. The maximum atomic E-state index is 13.2. The molecule has 3 rings (SSSR count). The first-order valence-corrected chi connectivity index (χ1v) is 8.89. The van der Waals surface area contributed by atoms with Crippen molar-refractivity contribution in [2.45, 2.75) is 13.5 Å². The summed E-state index contributed by atoms with van der Waals surface area (Å²) in [6.45, 7) is 1.86. The van der Waals surface area contributed by atoms with E-state index in [1.807, 2.05) is 0 Å². The molecule has 0 atom stereocenters. The molecule has 0 saturated heterocycles. The molecule has 1 N–H and O–H groups in total. The molecule has 0 unspecified atom stereocenters. The van der Waals surface area contributed by atoms with Crippen LogP contribution in [0.1, 0.15) is 18.1 Å². The molecule has 7 heteroatoms. The van der Waals surface area contributed by atoms with Gasteiger partial charge >= 0.3 is 5.97 Å². The highest BCUT2D eigenvalue weighted by atomic mass is 19.1. The minimum atomic E-state index is -1.12. The fraction of sp³-hybridized carbons (Fsp3) is 0.136. The number of para-hydroxylation sites is 1. The van der Waals surface area contributed by atoms with Crippen LogP contribution in [-0.4, -0.2) is 28.0 Å². The molecule has 0 aliphatic heterocycles. The molecule has 2 aromatic carbocycles. The van der Waals surface area contributed by atoms with E-state index in [4.69, 9.17) is 0 Å². The lowest BCUT2D eigenvalue weighted by atomic mass is 10.1. The van der Waals surface area contributed by atoms with Crippen LogP contribution in [0.2, 0.25) is 0 Å². The number of benzene rings is 2. The van der Waals surface area contributed by atoms with Gasteiger partial charge in [-0.2, -0.15) is 0 Å². The summed E-state index contributed by atoms with van der Waals surface area (Å²) in [5.74, 6) is -3.18. The lowest BCUT2D eigenvalue weighted by Gasteiger charge is -2.13. The summed E-state index contributed by atoms with van der Waals surface area (Å²) in [6.07, 6.45) is 2.07. The number of carbonyl (C=O) groups excluding carboxylic acids is 2. The standard InChI is InChI=1S/C22H18FNO5/c1-2-29-22(28)20(26)11-19(25)17-13-24(12-14-7-9-15(23)10-8-14)18-6-4-3-5-16(18)21(17)27/h3-11,13,25H,2,12H2,1H3. The van der Waals surface area contributed by atoms with Gasteiger partial charge in [-0.3, -0.25) is 9.59 Å². The van der Waals surface area contributed by atoms with Gasteiger partial charge in [-0.25, -0.2) is 9.18 Å². The first-order valence-electron chi connectivity index (χ1n) is 8.89. The monoisotopic (exact) mass is 395 g/mol. The molecule has 0 bridgehead atoms. The van der Waals surface area contributed by atoms with Crippen LogP contribution < -0.4 is 5.43 Å². The number of pyridine rings is 1. The molecule has 0 saturated carbocycles. The molecular weight excluding hydrogens is 377 g/mol. The molecule has 0 amide bonds. The summed E-state index contributed by atoms with van der Waals surface area (Å²) in [5.41, 5.74) is 0.761. The van der Waals surface area contributed by atoms with E-state index in [9.17, 15) is 23.9 Å². The number of rotatable bonds is 6. The molecule has 148 valence electrons. The SMILES string of the molecule is CCOC(=O)C(=O)C=C(O)c1cn(Cc2ccc(F)cc2)c2ccccc2c1=O. The summed E-state index contributed by atoms with van der Waals surface area (Å²) in [6, 6.07) is 12.7. The minimum absolute atomic E-state index is 0.0135. The number of nitrogens with zero attached hydrogens (tertiary/aromatic N) is 1. The highest BCUT2D eigenvalue weighted by Gasteiger charge is 2.17. The lowest BCUT2D eigenvalue weighted by molar-refractivity contribution is -0.151. The van der Waals surface area contributed by atoms with Crippen molar-refractivity contribution in [1.82, 2.24) is 4.57 Å². The highest BCUT2D eigenvalue weighted by molar-refractivity contribution is 6.39. The Morgan fingerprint density at radius 1 is 1.14 bits per heavy atom. The Balaban J connectivity index is 2.09. The highest BCUT2D eigenvalue weighted by Crippen LogP contribution is 2.17. The van der Waals surface area contributed by atoms with Gasteiger partial charge in [0.1, 0.15) is 11.6 Å². The molecule has 0 spiro atoms. The zero-order chi connectivity index (χ0) is 21.0. The van der Waals surface area contributed by atoms with Gasteiger partial charge in [0.15, 0.2) is 5.43 Å². The van der Waals surface area contributed by atoms with E-state index in [-0.39, 0.29) is 18.0 Å². The Morgan fingerprint density at radius 2 is 1.83 bits per heavy atom. The van der Waals surface area contributed by atoms with Crippen molar-refractivity contribution in [3.05, 3.63) is 88.0 Å². The van der Waals surface area contributed by atoms with Gasteiger partial charge in [-0.1, -0.05) is 24.3 Å². The van der Waals surface area contributed by atoms with E-state index in [1.54, 1.807) is 47.9 Å². The van der Waals surface area contributed by atoms with Gasteiger partial charge in [-0.05, 0) is 36.8 Å². The maximum absolute atomic E-state index is 13.2. The molecular formula is C22H18FNO5. The van der Waals surface area contributed by atoms with Crippen LogP contribution in [0.4, 0.5) is 4.39 Å². The smallest absolute Gasteiger partial charge is 0.379 e. The average Bonchev–Trinajstić information content (AvgIpc) is 2.71. The number of aliphatic hydroxyl groups excluding tert-OH is 1. The first-order chi connectivity index (χ1) is 13.9. The Bertz CT molecular complexity index is 1160. The van der Waals surface area contributed by atoms with Crippen molar-refractivity contribution in [3.63, 3.8) is 0 Å². The third-order valence-electron chi connectivity index (χ3n) is 4.27. The Hall–Kier alpha value is -3.74. The van der Waals surface area contributed by atoms with Crippen molar-refractivity contribution in [2.75, 3.05) is 6.61 Å². The van der Waals surface area contributed by atoms with Crippen molar-refractivity contribution >= 4 is 28.4 Å². The molecule has 0 fully saturated rings. The number of halogens is 1. The van der Waals surface area contributed by atoms with E-state index in [0.29, 0.717) is 23.5 Å². The predicted molar refractivity (Wildman–Crippen MR) is 106 cm³/mol. The molecule has 1 aromatic heterocycles. The maximum Gasteiger partial charge on any atom is 0.379 e. The molecule has 29 heavy (non-hydrogen) atoms. The van der Waals surface area contributed by atoms with Crippen molar-refractivity contribution in [1.29, 1.82) is 0 Å². The average molecular weight is 395 g/mol. The second-order valence-electron chi connectivity index (χ2n) is 6.26. The third-order valence-corrected chi connectivity index (χ3v) is 4.27. The minimum Gasteiger partial charge on any atom is -0.507 e. The van der Waals surface area contributed by atoms with Crippen LogP contribution in [0.3, 0.4) is 0 Å². The van der Waals surface area contributed by atoms with Gasteiger partial charge < -0.3 is 14.4 Å². The Morgan fingerprint density at radius 3 is 2.52 bits per heavy atom. The molecule has 1 heterocycles. The van der Waals surface area contributed by atoms with Crippen molar-refractivity contribution in [2.24, 2.45) is 0 Å². The number of carbonyl (C=O) groups is 2. The van der Waals surface area contributed by atoms with E-state index in [2.05, 4.69) is 4.74 Å². The number of esters is 1. The predicted octanol–water partition coefficient (Wildman–Crippen LogP) is 3.22. The van der Waals surface area contributed by atoms with E-state index >= 15 is 0 Å². The second-order valence-corrected chi connectivity index (χ2v) is 6.26. The summed E-state index contributed by atoms with van der Waals surface area (Å²) in [4.78, 5) is 36.2. The fourth-order valence-electron chi connectivity index (χ4n) is 2.91. The van der Waals surface area contributed by atoms with E-state index < -0.39 is 22.9 Å². The first kappa shape index (κ1) is 20.0. The summed E-state index contributed by atoms with van der Waals surface area (Å²) in [7, 11) is 0. The van der Waals surface area contributed by atoms with Gasteiger partial charge in [0.2, 0.25) is 0 Å². The van der Waals surface area contributed by atoms with E-state index in [1.165, 1.54) is 18.3 Å². The van der Waals surface area contributed by atoms with Crippen LogP contribution >= 0.6 is 0 Å². The van der Waals surface area contributed by atoms with Crippen molar-refractivity contribution < 1.29 is 23.8 Å². The largest absolute Gasteiger partial charge is 0.507 e. The molecule has 6 nitrogen and oxygen atoms in total. The van der Waals surface area contributed by atoms with Gasteiger partial charge in [0.25, 0.3) is 5.78 Å². The number of hydrogen-bond acceptors (Lipinski definition) is 5. The van der Waals surface area contributed by atoms with Crippen LogP contribution in [0, 0.1) is 5.82 Å². The molecule has 0 aliphatic carbocycles. The number of ketones is 1. The van der Waals surface area contributed by atoms with E-state index in [0.717, 1.165) is 5.56 Å². The number of aromatic nitrogens is 1. The van der Waals surface area contributed by atoms with Crippen LogP contribution in [0.15, 0.2) is 65.6 Å². The van der Waals surface area contributed by atoms with Gasteiger partial charge in [0.05, 0.1) is 17.7 Å². The Kier molecular flexibility index (Phi) is 5.87. The fourth-order valence-corrected chi connectivity index (χ4v) is 2.91. The normalized spacial score (nSPS) is 11.4. The molecule has 0 radical (unpaired) electrons. The zero-order valence-corrected chi connectivity index (χ0v) is 15.6. The topological polar surface area (TPSA) is 85.6 Å². The van der Waals surface area contributed by atoms with Crippen molar-refractivity contribution in [3.8, 4) is 0 Å². The number of ether oxygens (including phenoxy) is 1. The second kappa shape index (κ2) is 8.52. The van der Waals surface area contributed by atoms with Crippen LogP contribution in [-0.2, 0) is 20.9 Å². The van der Waals surface area contributed by atoms with Gasteiger partial charge in [0, 0.05) is 24.2 Å². The van der Waals surface area contributed by atoms with Gasteiger partial charge in [-0.15, -0.1) is 0 Å². The van der Waals surface area contributed by atoms with Crippen LogP contribution in [0.25, 0.3) is 16.7 Å². The summed E-state index contributed by atoms with van der Waals surface area (Å²) < 4.78 is 19.5. The lowest BCUT2D eigenvalue weighted by Crippen LogP contribution is -2.18. The van der Waals surface area contributed by atoms with Crippen LogP contribution in [0.5, 0.6) is 0 Å². The zero-order valence-electron chi connectivity index (χ0n) is 15.6. The number of fused-ring (bicyclic) bond motifs is 1.